The van der Waals surface area contributed by atoms with Crippen molar-refractivity contribution in [2.45, 2.75) is 71.9 Å². The van der Waals surface area contributed by atoms with Gasteiger partial charge < -0.3 is 0 Å². The second-order valence-corrected chi connectivity index (χ2v) is 14.9. The highest BCUT2D eigenvalue weighted by molar-refractivity contribution is 7.25. The molecular weight excluding hydrogens is 601 g/mol. The molecule has 0 aliphatic carbocycles. The van der Waals surface area contributed by atoms with Crippen molar-refractivity contribution in [3.05, 3.63) is 144 Å². The van der Waals surface area contributed by atoms with Crippen molar-refractivity contribution in [3.8, 4) is 33.6 Å². The maximum absolute atomic E-state index is 2.68. The monoisotopic (exact) mass is 644 g/mol. The van der Waals surface area contributed by atoms with Crippen molar-refractivity contribution in [2.24, 2.45) is 0 Å². The van der Waals surface area contributed by atoms with Crippen LogP contribution >= 0.6 is 11.3 Å². The molecule has 8 rings (SSSR count). The van der Waals surface area contributed by atoms with Gasteiger partial charge in [-0.1, -0.05) is 80.6 Å². The zero-order chi connectivity index (χ0) is 33.0. The number of nitrogens with zero attached hydrogens (tertiary/aromatic N) is 2. The zero-order valence-corrected chi connectivity index (χ0v) is 29.6. The summed E-state index contributed by atoms with van der Waals surface area (Å²) < 4.78 is 7.92. The Bertz CT molecular complexity index is 2310. The van der Waals surface area contributed by atoms with E-state index in [4.69, 9.17) is 0 Å². The van der Waals surface area contributed by atoms with Crippen LogP contribution in [0.3, 0.4) is 0 Å². The summed E-state index contributed by atoms with van der Waals surface area (Å²) in [6.07, 6.45) is 8.01. The van der Waals surface area contributed by atoms with Crippen molar-refractivity contribution in [3.63, 3.8) is 0 Å². The molecule has 2 nitrogen and oxygen atoms in total. The molecule has 238 valence electrons. The first-order valence-corrected chi connectivity index (χ1v) is 18.4. The fourth-order valence-corrected chi connectivity index (χ4v) is 9.76. The molecule has 0 spiro atoms. The average molecular weight is 645 g/mol. The molecule has 48 heavy (non-hydrogen) atoms. The van der Waals surface area contributed by atoms with Gasteiger partial charge in [-0.25, -0.2) is 0 Å². The van der Waals surface area contributed by atoms with Gasteiger partial charge in [-0.15, -0.1) is 11.3 Å². The molecule has 0 fully saturated rings. The zero-order valence-electron chi connectivity index (χ0n) is 28.8. The van der Waals surface area contributed by atoms with Crippen molar-refractivity contribution >= 4 is 31.5 Å². The van der Waals surface area contributed by atoms with Crippen LogP contribution in [0.15, 0.2) is 122 Å². The van der Waals surface area contributed by atoms with E-state index in [0.29, 0.717) is 5.92 Å². The van der Waals surface area contributed by atoms with Gasteiger partial charge in [-0.2, -0.15) is 9.13 Å². The van der Waals surface area contributed by atoms with Crippen molar-refractivity contribution < 1.29 is 9.13 Å². The van der Waals surface area contributed by atoms with Gasteiger partial charge in [0.1, 0.15) is 6.54 Å². The molecule has 7 aromatic rings. The molecule has 1 aliphatic heterocycles. The summed E-state index contributed by atoms with van der Waals surface area (Å²) in [5, 5.41) is 2.73. The quantitative estimate of drug-likeness (QED) is 0.153. The van der Waals surface area contributed by atoms with E-state index < -0.39 is 0 Å². The van der Waals surface area contributed by atoms with E-state index in [9.17, 15) is 0 Å². The molecule has 0 amide bonds. The van der Waals surface area contributed by atoms with Gasteiger partial charge in [-0.3, -0.25) is 0 Å². The molecular formula is C45H44N2S+2. The normalized spacial score (nSPS) is 15.1. The maximum atomic E-state index is 2.68. The number of benzene rings is 4. The highest BCUT2D eigenvalue weighted by Crippen LogP contribution is 2.48. The molecule has 4 heterocycles. The van der Waals surface area contributed by atoms with E-state index >= 15 is 0 Å². The lowest BCUT2D eigenvalue weighted by atomic mass is 9.69. The fraction of sp³-hybridized carbons (Fsp3) is 0.244. The Balaban J connectivity index is 1.23. The molecule has 3 heteroatoms. The number of aryl methyl sites for hydroxylation is 4. The standard InChI is InChI=1S/C45H44N2S/c1-6-45(7-2)40(34-17-11-12-18-35(34)42-27-32(5)39(29-47(42)45)33-15-9-8-10-16-33)22-24-46-23-21-30(3)25-41(46)37-28-44-38(26-31(37)4)36-19-13-14-20-43(36)48-44/h8-21,23,25-29,40H,6-7,22,24H2,1-5H3/q+2. The van der Waals surface area contributed by atoms with Crippen LogP contribution in [0.2, 0.25) is 0 Å². The number of hydrogen-bond donors (Lipinski definition) is 0. The summed E-state index contributed by atoms with van der Waals surface area (Å²) in [6.45, 7) is 12.5. The molecule has 0 saturated heterocycles. The first-order chi connectivity index (χ1) is 23.4. The first-order valence-electron chi connectivity index (χ1n) is 17.6. The number of hydrogen-bond acceptors (Lipinski definition) is 1. The minimum atomic E-state index is -0.0295. The van der Waals surface area contributed by atoms with Crippen LogP contribution in [0.25, 0.3) is 53.8 Å². The van der Waals surface area contributed by atoms with Gasteiger partial charge >= 0.3 is 0 Å². The molecule has 0 saturated carbocycles. The highest BCUT2D eigenvalue weighted by atomic mass is 32.1. The van der Waals surface area contributed by atoms with Crippen LogP contribution in [-0.2, 0) is 12.1 Å². The average Bonchev–Trinajstić information content (AvgIpc) is 3.48. The summed E-state index contributed by atoms with van der Waals surface area (Å²) in [4.78, 5) is 0. The van der Waals surface area contributed by atoms with Gasteiger partial charge in [0.2, 0.25) is 11.4 Å². The van der Waals surface area contributed by atoms with Gasteiger partial charge in [-0.05, 0) is 72.9 Å². The van der Waals surface area contributed by atoms with E-state index in [1.165, 1.54) is 76.1 Å². The predicted molar refractivity (Wildman–Crippen MR) is 203 cm³/mol. The molecule has 1 unspecified atom stereocenters. The Kier molecular flexibility index (Phi) is 7.76. The summed E-state index contributed by atoms with van der Waals surface area (Å²) in [5.41, 5.74) is 13.4. The van der Waals surface area contributed by atoms with Gasteiger partial charge in [0.05, 0.1) is 11.5 Å². The molecule has 3 aromatic heterocycles. The Morgan fingerprint density at radius 1 is 0.646 bits per heavy atom. The van der Waals surface area contributed by atoms with Crippen molar-refractivity contribution in [2.75, 3.05) is 0 Å². The Labute approximate surface area is 289 Å². The Hall–Kier alpha value is -4.60. The third kappa shape index (κ3) is 4.90. The molecule has 1 atom stereocenters. The third-order valence-electron chi connectivity index (χ3n) is 11.2. The fourth-order valence-electron chi connectivity index (χ4n) is 8.63. The van der Waals surface area contributed by atoms with E-state index in [2.05, 4.69) is 165 Å². The summed E-state index contributed by atoms with van der Waals surface area (Å²) in [7, 11) is 0. The van der Waals surface area contributed by atoms with Crippen LogP contribution in [-0.4, -0.2) is 0 Å². The minimum Gasteiger partial charge on any atom is -0.198 e. The maximum Gasteiger partial charge on any atom is 0.213 e. The smallest absolute Gasteiger partial charge is 0.198 e. The van der Waals surface area contributed by atoms with Crippen LogP contribution in [0.4, 0.5) is 0 Å². The minimum absolute atomic E-state index is 0.0295. The van der Waals surface area contributed by atoms with E-state index in [1.54, 1.807) is 0 Å². The number of aromatic nitrogens is 2. The summed E-state index contributed by atoms with van der Waals surface area (Å²) >= 11 is 1.91. The van der Waals surface area contributed by atoms with E-state index in [-0.39, 0.29) is 5.54 Å². The van der Waals surface area contributed by atoms with Gasteiger partial charge in [0, 0.05) is 68.8 Å². The van der Waals surface area contributed by atoms with E-state index in [0.717, 1.165) is 25.8 Å². The van der Waals surface area contributed by atoms with E-state index in [1.807, 2.05) is 11.3 Å². The first kappa shape index (κ1) is 30.7. The van der Waals surface area contributed by atoms with Crippen molar-refractivity contribution in [1.29, 1.82) is 0 Å². The molecule has 4 aromatic carbocycles. The Morgan fingerprint density at radius 2 is 1.38 bits per heavy atom. The predicted octanol–water partition coefficient (Wildman–Crippen LogP) is 11.3. The third-order valence-corrected chi connectivity index (χ3v) is 12.3. The summed E-state index contributed by atoms with van der Waals surface area (Å²) in [6, 6.07) is 40.9. The Morgan fingerprint density at radius 3 is 2.19 bits per heavy atom. The lowest BCUT2D eigenvalue weighted by Gasteiger charge is -2.40. The largest absolute Gasteiger partial charge is 0.213 e. The van der Waals surface area contributed by atoms with Crippen LogP contribution in [0.5, 0.6) is 0 Å². The van der Waals surface area contributed by atoms with Crippen LogP contribution in [0.1, 0.15) is 61.3 Å². The van der Waals surface area contributed by atoms with Gasteiger partial charge in [0.15, 0.2) is 17.9 Å². The second-order valence-electron chi connectivity index (χ2n) is 13.8. The SMILES string of the molecule is CCC1(CC)C(CC[n+]2ccc(C)cc2-c2cc3sc4ccccc4c3cc2C)c2ccccc2-c2cc(C)c(-c3ccccc3)c[n+]21. The van der Waals surface area contributed by atoms with Gasteiger partial charge in [0.25, 0.3) is 0 Å². The highest BCUT2D eigenvalue weighted by Gasteiger charge is 2.51. The topological polar surface area (TPSA) is 7.76 Å². The number of fused-ring (bicyclic) bond motifs is 6. The summed E-state index contributed by atoms with van der Waals surface area (Å²) in [5.74, 6) is 0.375. The molecule has 0 radical (unpaired) electrons. The van der Waals surface area contributed by atoms with Crippen molar-refractivity contribution in [1.82, 2.24) is 0 Å². The number of pyridine rings is 2. The number of thiophene rings is 1. The molecule has 0 N–H and O–H groups in total. The molecule has 0 bridgehead atoms. The number of rotatable bonds is 7. The lowest BCUT2D eigenvalue weighted by Crippen LogP contribution is -2.62. The second kappa shape index (κ2) is 12.1. The van der Waals surface area contributed by atoms with Crippen LogP contribution in [0, 0.1) is 20.8 Å². The van der Waals surface area contributed by atoms with Crippen LogP contribution < -0.4 is 9.13 Å². The lowest BCUT2D eigenvalue weighted by molar-refractivity contribution is -0.764. The molecule has 1 aliphatic rings.